The number of nitrogens with one attached hydrogen (secondary N) is 1. The van der Waals surface area contributed by atoms with Crippen LogP contribution < -0.4 is 5.73 Å². The number of rotatable bonds is 3. The highest BCUT2D eigenvalue weighted by molar-refractivity contribution is 5.97. The molecule has 3 N–H and O–H groups in total. The third kappa shape index (κ3) is 1.85. The van der Waals surface area contributed by atoms with E-state index in [0.29, 0.717) is 6.54 Å². The van der Waals surface area contributed by atoms with Crippen LogP contribution in [0.25, 0.3) is 22.0 Å². The van der Waals surface area contributed by atoms with Crippen molar-refractivity contribution in [2.75, 3.05) is 6.54 Å². The molecule has 0 fully saturated rings. The van der Waals surface area contributed by atoms with Gasteiger partial charge in [-0.1, -0.05) is 18.2 Å². The van der Waals surface area contributed by atoms with Gasteiger partial charge >= 0.3 is 0 Å². The fourth-order valence-electron chi connectivity index (χ4n) is 2.70. The highest BCUT2D eigenvalue weighted by atomic mass is 15.1. The summed E-state index contributed by atoms with van der Waals surface area (Å²) < 4.78 is 2.16. The second-order valence-electron chi connectivity index (χ2n) is 4.88. The fraction of sp³-hybridized carbons (Fsp3) is 0.267. The highest BCUT2D eigenvalue weighted by Gasteiger charge is 2.16. The molecule has 0 spiro atoms. The first-order chi connectivity index (χ1) is 9.22. The molecule has 98 valence electrons. The molecule has 0 bridgehead atoms. The van der Waals surface area contributed by atoms with E-state index in [1.807, 2.05) is 0 Å². The van der Waals surface area contributed by atoms with E-state index in [2.05, 4.69) is 59.2 Å². The van der Waals surface area contributed by atoms with E-state index in [1.165, 1.54) is 22.0 Å². The summed E-state index contributed by atoms with van der Waals surface area (Å²) >= 11 is 0. The summed E-state index contributed by atoms with van der Waals surface area (Å²) in [6, 6.07) is 8.43. The second kappa shape index (κ2) is 4.55. The van der Waals surface area contributed by atoms with Gasteiger partial charge in [-0.15, -0.1) is 0 Å². The van der Waals surface area contributed by atoms with Crippen molar-refractivity contribution in [3.8, 4) is 11.1 Å². The minimum Gasteiger partial charge on any atom is -0.350 e. The average molecular weight is 254 g/mol. The third-order valence-electron chi connectivity index (χ3n) is 3.57. The Balaban J connectivity index is 2.27. The monoisotopic (exact) mass is 254 g/mol. The maximum absolute atomic E-state index is 5.68. The van der Waals surface area contributed by atoms with Crippen molar-refractivity contribution in [2.45, 2.75) is 13.3 Å². The van der Waals surface area contributed by atoms with Crippen LogP contribution in [0.3, 0.4) is 0 Å². The predicted molar refractivity (Wildman–Crippen MR) is 78.0 cm³/mol. The molecular formula is C15H18N4. The van der Waals surface area contributed by atoms with Gasteiger partial charge in [0, 0.05) is 47.4 Å². The zero-order chi connectivity index (χ0) is 13.4. The normalized spacial score (nSPS) is 11.3. The minimum atomic E-state index is 0.613. The summed E-state index contributed by atoms with van der Waals surface area (Å²) in [6.07, 6.45) is 2.96. The number of fused-ring (bicyclic) bond motifs is 1. The Kier molecular flexibility index (Phi) is 2.87. The molecule has 4 nitrogen and oxygen atoms in total. The number of nitrogens with two attached hydrogens (primary N) is 1. The highest BCUT2D eigenvalue weighted by Crippen LogP contribution is 2.33. The molecular weight excluding hydrogens is 236 g/mol. The van der Waals surface area contributed by atoms with Crippen LogP contribution in [0.15, 0.2) is 30.5 Å². The summed E-state index contributed by atoms with van der Waals surface area (Å²) in [5.74, 6) is 0. The number of hydrogen-bond acceptors (Lipinski definition) is 2. The van der Waals surface area contributed by atoms with E-state index >= 15 is 0 Å². The van der Waals surface area contributed by atoms with Crippen LogP contribution in [0, 0.1) is 6.92 Å². The van der Waals surface area contributed by atoms with E-state index in [0.717, 1.165) is 17.8 Å². The Morgan fingerprint density at radius 1 is 1.32 bits per heavy atom. The Labute approximate surface area is 112 Å². The molecule has 0 amide bonds. The fourth-order valence-corrected chi connectivity index (χ4v) is 2.70. The van der Waals surface area contributed by atoms with Crippen molar-refractivity contribution >= 4 is 10.9 Å². The lowest BCUT2D eigenvalue weighted by Gasteiger charge is -2.01. The van der Waals surface area contributed by atoms with Gasteiger partial charge in [0.15, 0.2) is 0 Å². The lowest BCUT2D eigenvalue weighted by molar-refractivity contribution is 0.898. The van der Waals surface area contributed by atoms with Crippen molar-refractivity contribution in [2.24, 2.45) is 12.8 Å². The molecule has 0 saturated carbocycles. The standard InChI is InChI=1S/C15H18N4/c1-10-15(13(7-8-16)18-17-10)12-9-19(2)14-6-4-3-5-11(12)14/h3-6,9H,7-8,16H2,1-2H3,(H,17,18). The van der Waals surface area contributed by atoms with E-state index < -0.39 is 0 Å². The summed E-state index contributed by atoms with van der Waals surface area (Å²) in [4.78, 5) is 0. The number of nitrogens with zero attached hydrogens (tertiary/aromatic N) is 2. The largest absolute Gasteiger partial charge is 0.350 e. The van der Waals surface area contributed by atoms with Crippen LogP contribution in [0.2, 0.25) is 0 Å². The molecule has 2 aromatic heterocycles. The number of H-pyrrole nitrogens is 1. The first-order valence-corrected chi connectivity index (χ1v) is 6.50. The minimum absolute atomic E-state index is 0.613. The van der Waals surface area contributed by atoms with Crippen molar-refractivity contribution < 1.29 is 0 Å². The average Bonchev–Trinajstić information content (AvgIpc) is 2.92. The van der Waals surface area contributed by atoms with Crippen LogP contribution >= 0.6 is 0 Å². The number of aromatic amines is 1. The molecule has 0 atom stereocenters. The van der Waals surface area contributed by atoms with Crippen LogP contribution in [0.5, 0.6) is 0 Å². The molecule has 19 heavy (non-hydrogen) atoms. The topological polar surface area (TPSA) is 59.6 Å². The third-order valence-corrected chi connectivity index (χ3v) is 3.57. The first-order valence-electron chi connectivity index (χ1n) is 6.50. The lowest BCUT2D eigenvalue weighted by atomic mass is 10.0. The number of aryl methyl sites for hydroxylation is 2. The number of hydrogen-bond donors (Lipinski definition) is 2. The Hall–Kier alpha value is -2.07. The summed E-state index contributed by atoms with van der Waals surface area (Å²) in [7, 11) is 2.07. The molecule has 0 unspecified atom stereocenters. The van der Waals surface area contributed by atoms with Gasteiger partial charge in [0.2, 0.25) is 0 Å². The number of aromatic nitrogens is 3. The van der Waals surface area contributed by atoms with E-state index in [1.54, 1.807) is 0 Å². The summed E-state index contributed by atoms with van der Waals surface area (Å²) in [6.45, 7) is 2.67. The molecule has 0 radical (unpaired) electrons. The Morgan fingerprint density at radius 3 is 2.89 bits per heavy atom. The van der Waals surface area contributed by atoms with Gasteiger partial charge in [0.25, 0.3) is 0 Å². The maximum atomic E-state index is 5.68. The van der Waals surface area contributed by atoms with Gasteiger partial charge in [0.05, 0.1) is 5.69 Å². The van der Waals surface area contributed by atoms with E-state index in [9.17, 15) is 0 Å². The van der Waals surface area contributed by atoms with Crippen molar-refractivity contribution in [3.63, 3.8) is 0 Å². The van der Waals surface area contributed by atoms with Gasteiger partial charge in [-0.2, -0.15) is 5.10 Å². The molecule has 0 aliphatic carbocycles. The van der Waals surface area contributed by atoms with Crippen molar-refractivity contribution in [3.05, 3.63) is 41.9 Å². The van der Waals surface area contributed by atoms with Gasteiger partial charge in [-0.05, 0) is 19.5 Å². The van der Waals surface area contributed by atoms with Gasteiger partial charge in [-0.3, -0.25) is 5.10 Å². The molecule has 4 heteroatoms. The van der Waals surface area contributed by atoms with Crippen LogP contribution in [-0.4, -0.2) is 21.3 Å². The van der Waals surface area contributed by atoms with Crippen LogP contribution in [-0.2, 0) is 13.5 Å². The maximum Gasteiger partial charge on any atom is 0.0716 e. The van der Waals surface area contributed by atoms with Crippen LogP contribution in [0.1, 0.15) is 11.4 Å². The van der Waals surface area contributed by atoms with Gasteiger partial charge in [0.1, 0.15) is 0 Å². The van der Waals surface area contributed by atoms with E-state index in [-0.39, 0.29) is 0 Å². The zero-order valence-electron chi connectivity index (χ0n) is 11.3. The van der Waals surface area contributed by atoms with Gasteiger partial charge < -0.3 is 10.3 Å². The van der Waals surface area contributed by atoms with Crippen molar-refractivity contribution in [1.82, 2.24) is 14.8 Å². The quantitative estimate of drug-likeness (QED) is 0.754. The smallest absolute Gasteiger partial charge is 0.0716 e. The summed E-state index contributed by atoms with van der Waals surface area (Å²) in [5, 5.41) is 8.72. The molecule has 3 aromatic rings. The molecule has 1 aromatic carbocycles. The number of benzene rings is 1. The molecule has 2 heterocycles. The van der Waals surface area contributed by atoms with E-state index in [4.69, 9.17) is 5.73 Å². The number of para-hydroxylation sites is 1. The first kappa shape index (κ1) is 12.0. The zero-order valence-corrected chi connectivity index (χ0v) is 11.3. The molecule has 3 rings (SSSR count). The Bertz CT molecular complexity index is 721. The van der Waals surface area contributed by atoms with Crippen molar-refractivity contribution in [1.29, 1.82) is 0 Å². The summed E-state index contributed by atoms with van der Waals surface area (Å²) in [5.41, 5.74) is 11.5. The van der Waals surface area contributed by atoms with Crippen LogP contribution in [0.4, 0.5) is 0 Å². The van der Waals surface area contributed by atoms with Gasteiger partial charge in [-0.25, -0.2) is 0 Å². The molecule has 0 aliphatic heterocycles. The lowest BCUT2D eigenvalue weighted by Crippen LogP contribution is -2.04. The SMILES string of the molecule is Cc1[nH]nc(CCN)c1-c1cn(C)c2ccccc12. The Morgan fingerprint density at radius 2 is 2.11 bits per heavy atom. The molecule has 0 aliphatic rings. The predicted octanol–water partition coefficient (Wildman–Crippen LogP) is 2.38. The molecule has 0 saturated heterocycles. The second-order valence-corrected chi connectivity index (χ2v) is 4.88.